The Labute approximate surface area is 119 Å². The summed E-state index contributed by atoms with van der Waals surface area (Å²) in [5.41, 5.74) is 5.65. The Morgan fingerprint density at radius 2 is 1.86 bits per heavy atom. The van der Waals surface area contributed by atoms with Crippen LogP contribution in [0, 0.1) is 23.0 Å². The molecule has 1 atom stereocenters. The van der Waals surface area contributed by atoms with Crippen LogP contribution in [0.15, 0.2) is 42.5 Å². The maximum atomic E-state index is 13.5. The summed E-state index contributed by atoms with van der Waals surface area (Å²) in [7, 11) is 0. The van der Waals surface area contributed by atoms with Crippen molar-refractivity contribution in [2.75, 3.05) is 5.32 Å². The van der Waals surface area contributed by atoms with E-state index in [1.807, 2.05) is 0 Å². The molecule has 0 aliphatic rings. The number of anilines is 1. The molecule has 0 unspecified atom stereocenters. The van der Waals surface area contributed by atoms with Gasteiger partial charge in [-0.3, -0.25) is 4.79 Å². The number of carbonyl (C=O) groups is 1. The molecule has 0 bridgehead atoms. The van der Waals surface area contributed by atoms with E-state index in [2.05, 4.69) is 5.32 Å². The molecule has 21 heavy (non-hydrogen) atoms. The largest absolute Gasteiger partial charge is 0.369 e. The Balaban J connectivity index is 2.38. The van der Waals surface area contributed by atoms with Crippen LogP contribution in [0.2, 0.25) is 0 Å². The summed E-state index contributed by atoms with van der Waals surface area (Å²) >= 11 is 0. The van der Waals surface area contributed by atoms with Crippen molar-refractivity contribution in [2.24, 2.45) is 5.73 Å². The van der Waals surface area contributed by atoms with Gasteiger partial charge in [0.15, 0.2) is 0 Å². The first-order valence-electron chi connectivity index (χ1n) is 6.03. The van der Waals surface area contributed by atoms with E-state index in [-0.39, 0.29) is 11.3 Å². The number of hydrogen-bond acceptors (Lipinski definition) is 3. The van der Waals surface area contributed by atoms with Crippen LogP contribution in [0.1, 0.15) is 17.2 Å². The molecule has 106 valence electrons. The van der Waals surface area contributed by atoms with E-state index in [1.165, 1.54) is 36.4 Å². The zero-order chi connectivity index (χ0) is 15.4. The number of carbonyl (C=O) groups excluding carboxylic acids is 1. The third kappa shape index (κ3) is 3.15. The molecule has 0 heterocycles. The van der Waals surface area contributed by atoms with Gasteiger partial charge in [0.25, 0.3) is 0 Å². The number of rotatable bonds is 4. The van der Waals surface area contributed by atoms with E-state index >= 15 is 0 Å². The number of primary amides is 1. The number of amides is 1. The molecule has 0 aliphatic heterocycles. The zero-order valence-corrected chi connectivity index (χ0v) is 10.8. The highest BCUT2D eigenvalue weighted by Crippen LogP contribution is 2.24. The van der Waals surface area contributed by atoms with E-state index in [0.29, 0.717) is 5.56 Å². The van der Waals surface area contributed by atoms with Gasteiger partial charge in [-0.2, -0.15) is 5.26 Å². The predicted octanol–water partition coefficient (Wildman–Crippen LogP) is 2.47. The Bertz CT molecular complexity index is 708. The summed E-state index contributed by atoms with van der Waals surface area (Å²) in [6, 6.07) is 9.87. The van der Waals surface area contributed by atoms with Crippen LogP contribution in [0.4, 0.5) is 14.5 Å². The van der Waals surface area contributed by atoms with Crippen molar-refractivity contribution in [3.63, 3.8) is 0 Å². The number of hydrogen-bond donors (Lipinski definition) is 2. The number of nitriles is 1. The standard InChI is InChI=1S/C15H11F2N3O/c16-10-6-4-9(5-7-10)14(15(19)21)20-13-3-1-2-12(17)11(13)8-18/h1-7,14,20H,(H2,19,21)/t14-/m1/s1. The van der Waals surface area contributed by atoms with Crippen LogP contribution in [0.25, 0.3) is 0 Å². The summed E-state index contributed by atoms with van der Waals surface area (Å²) < 4.78 is 26.4. The lowest BCUT2D eigenvalue weighted by Crippen LogP contribution is -2.28. The van der Waals surface area contributed by atoms with Crippen molar-refractivity contribution >= 4 is 11.6 Å². The van der Waals surface area contributed by atoms with Gasteiger partial charge in [0, 0.05) is 0 Å². The van der Waals surface area contributed by atoms with Gasteiger partial charge in [0.2, 0.25) is 5.91 Å². The van der Waals surface area contributed by atoms with Crippen LogP contribution < -0.4 is 11.1 Å². The molecule has 2 aromatic carbocycles. The second kappa shape index (κ2) is 6.01. The summed E-state index contributed by atoms with van der Waals surface area (Å²) in [4.78, 5) is 11.6. The van der Waals surface area contributed by atoms with Crippen molar-refractivity contribution in [3.05, 3.63) is 65.2 Å². The van der Waals surface area contributed by atoms with Crippen LogP contribution >= 0.6 is 0 Å². The second-order valence-electron chi connectivity index (χ2n) is 4.31. The van der Waals surface area contributed by atoms with Crippen molar-refractivity contribution in [3.8, 4) is 6.07 Å². The van der Waals surface area contributed by atoms with Crippen LogP contribution in [-0.2, 0) is 4.79 Å². The van der Waals surface area contributed by atoms with Gasteiger partial charge in [0.05, 0.1) is 5.69 Å². The molecule has 2 rings (SSSR count). The average Bonchev–Trinajstić information content (AvgIpc) is 2.45. The topological polar surface area (TPSA) is 78.9 Å². The van der Waals surface area contributed by atoms with Crippen molar-refractivity contribution < 1.29 is 13.6 Å². The highest BCUT2D eigenvalue weighted by atomic mass is 19.1. The van der Waals surface area contributed by atoms with E-state index in [4.69, 9.17) is 11.0 Å². The second-order valence-corrected chi connectivity index (χ2v) is 4.31. The zero-order valence-electron chi connectivity index (χ0n) is 10.8. The number of halogens is 2. The summed E-state index contributed by atoms with van der Waals surface area (Å²) in [5.74, 6) is -1.88. The molecular weight excluding hydrogens is 276 g/mol. The van der Waals surface area contributed by atoms with E-state index in [0.717, 1.165) is 6.07 Å². The van der Waals surface area contributed by atoms with Crippen LogP contribution in [-0.4, -0.2) is 5.91 Å². The number of nitrogens with zero attached hydrogens (tertiary/aromatic N) is 1. The third-order valence-electron chi connectivity index (χ3n) is 2.91. The molecule has 0 radical (unpaired) electrons. The highest BCUT2D eigenvalue weighted by molar-refractivity contribution is 5.85. The molecule has 6 heteroatoms. The molecule has 0 aromatic heterocycles. The monoisotopic (exact) mass is 287 g/mol. The minimum absolute atomic E-state index is 0.144. The average molecular weight is 287 g/mol. The SMILES string of the molecule is N#Cc1c(F)cccc1N[C@@H](C(N)=O)c1ccc(F)cc1. The normalized spacial score (nSPS) is 11.5. The van der Waals surface area contributed by atoms with E-state index < -0.39 is 23.6 Å². The van der Waals surface area contributed by atoms with Gasteiger partial charge in [-0.15, -0.1) is 0 Å². The molecule has 2 aromatic rings. The first-order chi connectivity index (χ1) is 10.0. The lowest BCUT2D eigenvalue weighted by Gasteiger charge is -2.18. The fraction of sp³-hybridized carbons (Fsp3) is 0.0667. The maximum absolute atomic E-state index is 13.5. The number of benzene rings is 2. The molecule has 0 spiro atoms. The number of nitrogens with two attached hydrogens (primary N) is 1. The predicted molar refractivity (Wildman–Crippen MR) is 73.1 cm³/mol. The van der Waals surface area contributed by atoms with Crippen LogP contribution in [0.5, 0.6) is 0 Å². The molecule has 4 nitrogen and oxygen atoms in total. The maximum Gasteiger partial charge on any atom is 0.244 e. The fourth-order valence-electron chi connectivity index (χ4n) is 1.89. The minimum atomic E-state index is -1.00. The van der Waals surface area contributed by atoms with Gasteiger partial charge >= 0.3 is 0 Å². The molecule has 3 N–H and O–H groups in total. The molecule has 1 amide bonds. The van der Waals surface area contributed by atoms with Crippen molar-refractivity contribution in [2.45, 2.75) is 6.04 Å². The van der Waals surface area contributed by atoms with E-state index in [9.17, 15) is 13.6 Å². The summed E-state index contributed by atoms with van der Waals surface area (Å²) in [6.07, 6.45) is 0. The van der Waals surface area contributed by atoms with Crippen molar-refractivity contribution in [1.82, 2.24) is 0 Å². The van der Waals surface area contributed by atoms with E-state index in [1.54, 1.807) is 6.07 Å². The molecule has 0 fully saturated rings. The highest BCUT2D eigenvalue weighted by Gasteiger charge is 2.20. The minimum Gasteiger partial charge on any atom is -0.369 e. The molecule has 0 saturated heterocycles. The lowest BCUT2D eigenvalue weighted by atomic mass is 10.0. The lowest BCUT2D eigenvalue weighted by molar-refractivity contribution is -0.118. The van der Waals surface area contributed by atoms with Gasteiger partial charge < -0.3 is 11.1 Å². The molecule has 0 aliphatic carbocycles. The Kier molecular flexibility index (Phi) is 4.14. The molecular formula is C15H11F2N3O. The van der Waals surface area contributed by atoms with Gasteiger partial charge in [0.1, 0.15) is 29.3 Å². The smallest absolute Gasteiger partial charge is 0.244 e. The quantitative estimate of drug-likeness (QED) is 0.906. The summed E-state index contributed by atoms with van der Waals surface area (Å²) in [6.45, 7) is 0. The first kappa shape index (κ1) is 14.5. The third-order valence-corrected chi connectivity index (χ3v) is 2.91. The summed E-state index contributed by atoms with van der Waals surface area (Å²) in [5, 5.41) is 11.7. The Morgan fingerprint density at radius 3 is 2.43 bits per heavy atom. The first-order valence-corrected chi connectivity index (χ1v) is 6.03. The van der Waals surface area contributed by atoms with Gasteiger partial charge in [-0.1, -0.05) is 18.2 Å². The van der Waals surface area contributed by atoms with Crippen LogP contribution in [0.3, 0.4) is 0 Å². The van der Waals surface area contributed by atoms with Gasteiger partial charge in [-0.05, 0) is 29.8 Å². The Morgan fingerprint density at radius 1 is 1.19 bits per heavy atom. The fourth-order valence-corrected chi connectivity index (χ4v) is 1.89. The molecule has 0 saturated carbocycles. The van der Waals surface area contributed by atoms with Gasteiger partial charge in [-0.25, -0.2) is 8.78 Å². The Hall–Kier alpha value is -2.94. The number of nitrogens with one attached hydrogen (secondary N) is 1. The van der Waals surface area contributed by atoms with Crippen molar-refractivity contribution in [1.29, 1.82) is 5.26 Å².